The van der Waals surface area contributed by atoms with Crippen LogP contribution in [0.3, 0.4) is 0 Å². The third-order valence-electron chi connectivity index (χ3n) is 3.39. The Morgan fingerprint density at radius 1 is 1.48 bits per heavy atom. The topological polar surface area (TPSA) is 72.5 Å². The second kappa shape index (κ2) is 5.55. The summed E-state index contributed by atoms with van der Waals surface area (Å²) in [6.07, 6.45) is 0.604. The smallest absolute Gasteiger partial charge is 0.261 e. The molecule has 1 aromatic rings. The number of rotatable bonds is 3. The maximum Gasteiger partial charge on any atom is 0.261 e. The summed E-state index contributed by atoms with van der Waals surface area (Å²) >= 11 is 0. The van der Waals surface area contributed by atoms with Crippen molar-refractivity contribution in [1.82, 2.24) is 5.32 Å². The van der Waals surface area contributed by atoms with Gasteiger partial charge >= 0.3 is 0 Å². The molecular weight excluding hydrogens is 321 g/mol. The predicted molar refractivity (Wildman–Crippen MR) is 75.5 cm³/mol. The lowest BCUT2D eigenvalue weighted by molar-refractivity contribution is 0.0885. The minimum absolute atomic E-state index is 0.0368. The van der Waals surface area contributed by atoms with Crippen LogP contribution in [0.4, 0.5) is 4.39 Å². The van der Waals surface area contributed by atoms with Crippen molar-refractivity contribution in [3.05, 3.63) is 29.1 Å². The molecule has 0 saturated carbocycles. The fraction of sp³-hybridized carbons (Fsp3) is 0.462. The van der Waals surface area contributed by atoms with Crippen LogP contribution in [0.1, 0.15) is 29.3 Å². The maximum absolute atomic E-state index is 14.1. The largest absolute Gasteiger partial charge is 0.379 e. The van der Waals surface area contributed by atoms with Crippen LogP contribution < -0.4 is 5.32 Å². The molecule has 8 heteroatoms. The fourth-order valence-electron chi connectivity index (χ4n) is 2.15. The van der Waals surface area contributed by atoms with Gasteiger partial charge in [0, 0.05) is 17.3 Å². The number of nitrogens with one attached hydrogen (secondary N) is 1. The molecule has 1 aliphatic rings. The first-order valence-electron chi connectivity index (χ1n) is 6.27. The average molecular weight is 336 g/mol. The molecule has 116 valence electrons. The Morgan fingerprint density at radius 3 is 2.67 bits per heavy atom. The van der Waals surface area contributed by atoms with Gasteiger partial charge in [-0.15, -0.1) is 0 Å². The van der Waals surface area contributed by atoms with Crippen molar-refractivity contribution in [2.45, 2.75) is 30.7 Å². The van der Waals surface area contributed by atoms with Crippen LogP contribution in [0.5, 0.6) is 0 Å². The van der Waals surface area contributed by atoms with Gasteiger partial charge in [-0.1, -0.05) is 0 Å². The first kappa shape index (κ1) is 16.2. The van der Waals surface area contributed by atoms with Crippen LogP contribution in [0.25, 0.3) is 0 Å². The molecule has 5 nitrogen and oxygen atoms in total. The van der Waals surface area contributed by atoms with E-state index in [1.165, 1.54) is 6.92 Å². The normalized spacial score (nSPS) is 22.3. The monoisotopic (exact) mass is 335 g/mol. The van der Waals surface area contributed by atoms with Gasteiger partial charge in [-0.3, -0.25) is 4.79 Å². The van der Waals surface area contributed by atoms with E-state index in [2.05, 4.69) is 5.32 Å². The Balaban J connectivity index is 2.38. The molecule has 1 atom stereocenters. The summed E-state index contributed by atoms with van der Waals surface area (Å²) in [5, 5.41) is 2.68. The van der Waals surface area contributed by atoms with Crippen LogP contribution in [0.15, 0.2) is 17.0 Å². The second-order valence-electron chi connectivity index (χ2n) is 5.36. The van der Waals surface area contributed by atoms with Crippen LogP contribution in [0.2, 0.25) is 0 Å². The predicted octanol–water partition coefficient (Wildman–Crippen LogP) is 1.97. The second-order valence-corrected chi connectivity index (χ2v) is 7.92. The number of ether oxygens (including phenoxy) is 1. The zero-order chi connectivity index (χ0) is 15.8. The SMILES string of the molecule is Cc1cc(S(=O)(=O)Cl)cc(C(=O)NC2(C)CCOC2)c1F. The molecule has 1 fully saturated rings. The third-order valence-corrected chi connectivity index (χ3v) is 4.72. The number of aryl methyl sites for hydroxylation is 1. The molecule has 1 N–H and O–H groups in total. The van der Waals surface area contributed by atoms with Gasteiger partial charge in [-0.25, -0.2) is 12.8 Å². The van der Waals surface area contributed by atoms with Gasteiger partial charge < -0.3 is 10.1 Å². The van der Waals surface area contributed by atoms with Gasteiger partial charge in [0.15, 0.2) is 0 Å². The highest BCUT2D eigenvalue weighted by Gasteiger charge is 2.32. The van der Waals surface area contributed by atoms with Crippen LogP contribution in [0, 0.1) is 12.7 Å². The summed E-state index contributed by atoms with van der Waals surface area (Å²) in [4.78, 5) is 11.9. The Kier molecular flexibility index (Phi) is 4.28. The van der Waals surface area contributed by atoms with E-state index in [-0.39, 0.29) is 16.0 Å². The lowest BCUT2D eigenvalue weighted by atomic mass is 10.0. The number of carbonyl (C=O) groups excluding carboxylic acids is 1. The lowest BCUT2D eigenvalue weighted by Gasteiger charge is -2.23. The van der Waals surface area contributed by atoms with Gasteiger partial charge in [-0.2, -0.15) is 0 Å². The summed E-state index contributed by atoms with van der Waals surface area (Å²) in [6, 6.07) is 2.04. The molecule has 1 aromatic carbocycles. The summed E-state index contributed by atoms with van der Waals surface area (Å²) in [7, 11) is 1.22. The molecule has 21 heavy (non-hydrogen) atoms. The van der Waals surface area contributed by atoms with Crippen molar-refractivity contribution in [1.29, 1.82) is 0 Å². The van der Waals surface area contributed by atoms with Crippen molar-refractivity contribution in [3.8, 4) is 0 Å². The molecular formula is C13H15ClFNO4S. The van der Waals surface area contributed by atoms with E-state index < -0.39 is 26.3 Å². The summed E-state index contributed by atoms with van der Waals surface area (Å²) in [6.45, 7) is 3.99. The number of amides is 1. The number of halogens is 2. The average Bonchev–Trinajstić information content (AvgIpc) is 2.77. The molecule has 2 rings (SSSR count). The minimum atomic E-state index is -4.04. The molecule has 0 bridgehead atoms. The van der Waals surface area contributed by atoms with Gasteiger partial charge in [0.25, 0.3) is 15.0 Å². The highest BCUT2D eigenvalue weighted by Crippen LogP contribution is 2.24. The molecule has 0 aromatic heterocycles. The highest BCUT2D eigenvalue weighted by molar-refractivity contribution is 8.13. The van der Waals surface area contributed by atoms with Gasteiger partial charge in [0.1, 0.15) is 5.82 Å². The van der Waals surface area contributed by atoms with Crippen molar-refractivity contribution >= 4 is 25.6 Å². The molecule has 1 saturated heterocycles. The van der Waals surface area contributed by atoms with E-state index >= 15 is 0 Å². The minimum Gasteiger partial charge on any atom is -0.379 e. The van der Waals surface area contributed by atoms with Crippen LogP contribution in [-0.2, 0) is 13.8 Å². The Hall–Kier alpha value is -1.18. The zero-order valence-corrected chi connectivity index (χ0v) is 13.1. The van der Waals surface area contributed by atoms with Crippen molar-refractivity contribution in [2.24, 2.45) is 0 Å². The Labute approximate surface area is 126 Å². The van der Waals surface area contributed by atoms with E-state index in [1.807, 2.05) is 0 Å². The van der Waals surface area contributed by atoms with E-state index in [9.17, 15) is 17.6 Å². The number of hydrogen-bond acceptors (Lipinski definition) is 4. The quantitative estimate of drug-likeness (QED) is 0.857. The molecule has 1 amide bonds. The highest BCUT2D eigenvalue weighted by atomic mass is 35.7. The number of carbonyl (C=O) groups is 1. The fourth-order valence-corrected chi connectivity index (χ4v) is 2.99. The number of benzene rings is 1. The molecule has 0 spiro atoms. The Bertz CT molecular complexity index is 684. The first-order chi connectivity index (χ1) is 9.62. The molecule has 0 aliphatic carbocycles. The zero-order valence-electron chi connectivity index (χ0n) is 11.6. The maximum atomic E-state index is 14.1. The van der Waals surface area contributed by atoms with Crippen LogP contribution >= 0.6 is 10.7 Å². The van der Waals surface area contributed by atoms with Gasteiger partial charge in [-0.05, 0) is 38.0 Å². The van der Waals surface area contributed by atoms with Crippen LogP contribution in [-0.4, -0.2) is 33.1 Å². The molecule has 1 heterocycles. The van der Waals surface area contributed by atoms with Gasteiger partial charge in [0.2, 0.25) is 0 Å². The third kappa shape index (κ3) is 3.53. The van der Waals surface area contributed by atoms with E-state index in [4.69, 9.17) is 15.4 Å². The lowest BCUT2D eigenvalue weighted by Crippen LogP contribution is -2.46. The summed E-state index contributed by atoms with van der Waals surface area (Å²) < 4.78 is 42.0. The van der Waals surface area contributed by atoms with E-state index in [0.717, 1.165) is 12.1 Å². The summed E-state index contributed by atoms with van der Waals surface area (Å²) in [5.41, 5.74) is -0.898. The Morgan fingerprint density at radius 2 is 2.14 bits per heavy atom. The van der Waals surface area contributed by atoms with Crippen molar-refractivity contribution < 1.29 is 22.3 Å². The molecule has 1 aliphatic heterocycles. The van der Waals surface area contributed by atoms with E-state index in [1.54, 1.807) is 6.92 Å². The van der Waals surface area contributed by atoms with Gasteiger partial charge in [0.05, 0.1) is 22.6 Å². The first-order valence-corrected chi connectivity index (χ1v) is 8.58. The van der Waals surface area contributed by atoms with Crippen molar-refractivity contribution in [3.63, 3.8) is 0 Å². The molecule has 1 unspecified atom stereocenters. The van der Waals surface area contributed by atoms with E-state index in [0.29, 0.717) is 19.6 Å². The standard InChI is InChI=1S/C13H15ClFNO4S/c1-8-5-9(21(14,18)19)6-10(11(8)15)12(17)16-13(2)3-4-20-7-13/h5-6H,3-4,7H2,1-2H3,(H,16,17). The molecule has 0 radical (unpaired) electrons. The van der Waals surface area contributed by atoms with Crippen molar-refractivity contribution in [2.75, 3.05) is 13.2 Å². The summed E-state index contributed by atoms with van der Waals surface area (Å²) in [5.74, 6) is -1.45. The number of hydrogen-bond donors (Lipinski definition) is 1.